The first kappa shape index (κ1) is 24.6. The summed E-state index contributed by atoms with van der Waals surface area (Å²) in [4.78, 5) is 29.0. The lowest BCUT2D eigenvalue weighted by Gasteiger charge is -2.16. The van der Waals surface area contributed by atoms with Gasteiger partial charge >= 0.3 is 5.97 Å². The maximum atomic E-state index is 13.3. The van der Waals surface area contributed by atoms with E-state index in [1.807, 2.05) is 37.3 Å². The lowest BCUT2D eigenvalue weighted by Crippen LogP contribution is -2.31. The van der Waals surface area contributed by atoms with Gasteiger partial charge in [-0.25, -0.2) is 14.1 Å². The second kappa shape index (κ2) is 11.3. The van der Waals surface area contributed by atoms with Crippen molar-refractivity contribution >= 4 is 11.9 Å². The highest BCUT2D eigenvalue weighted by Crippen LogP contribution is 2.32. The molecule has 0 saturated heterocycles. The van der Waals surface area contributed by atoms with Crippen molar-refractivity contribution in [3.05, 3.63) is 95.8 Å². The molecule has 1 N–H and O–H groups in total. The average molecular weight is 489 g/mol. The first-order valence-corrected chi connectivity index (χ1v) is 11.4. The van der Waals surface area contributed by atoms with Crippen LogP contribution in [0.2, 0.25) is 0 Å². The number of nitrogens with one attached hydrogen (secondary N) is 1. The summed E-state index contributed by atoms with van der Waals surface area (Å²) in [5, 5.41) is 6.91. The smallest absolute Gasteiger partial charge is 0.325 e. The summed E-state index contributed by atoms with van der Waals surface area (Å²) >= 11 is 0. The van der Waals surface area contributed by atoms with Crippen molar-refractivity contribution in [2.24, 2.45) is 0 Å². The fourth-order valence-electron chi connectivity index (χ4n) is 3.59. The molecule has 4 rings (SSSR count). The van der Waals surface area contributed by atoms with Gasteiger partial charge in [-0.3, -0.25) is 9.59 Å². The van der Waals surface area contributed by atoms with Crippen molar-refractivity contribution in [3.8, 4) is 22.6 Å². The van der Waals surface area contributed by atoms with E-state index in [2.05, 4.69) is 15.4 Å². The number of carbonyl (C=O) groups is 2. The highest BCUT2D eigenvalue weighted by Gasteiger charge is 2.21. The van der Waals surface area contributed by atoms with E-state index in [9.17, 15) is 14.0 Å². The van der Waals surface area contributed by atoms with Crippen LogP contribution in [-0.4, -0.2) is 39.8 Å². The molecule has 36 heavy (non-hydrogen) atoms. The van der Waals surface area contributed by atoms with E-state index in [0.29, 0.717) is 22.6 Å². The van der Waals surface area contributed by atoms with E-state index >= 15 is 0 Å². The zero-order valence-electron chi connectivity index (χ0n) is 19.9. The lowest BCUT2D eigenvalue weighted by atomic mass is 10.0. The molecule has 1 amide bonds. The van der Waals surface area contributed by atoms with E-state index in [1.165, 1.54) is 12.1 Å². The van der Waals surface area contributed by atoms with Gasteiger partial charge in [-0.1, -0.05) is 30.3 Å². The molecular formula is C27H25FN4O4. The Hall–Kier alpha value is -4.53. The number of amides is 1. The minimum absolute atomic E-state index is 0.0578. The van der Waals surface area contributed by atoms with Crippen LogP contribution in [0.25, 0.3) is 16.8 Å². The van der Waals surface area contributed by atoms with Crippen molar-refractivity contribution in [3.63, 3.8) is 0 Å². The van der Waals surface area contributed by atoms with E-state index < -0.39 is 11.9 Å². The number of nitrogens with zero attached hydrogens (tertiary/aromatic N) is 3. The normalized spacial score (nSPS) is 10.6. The number of halogens is 1. The van der Waals surface area contributed by atoms with Crippen molar-refractivity contribution in [1.29, 1.82) is 0 Å². The first-order chi connectivity index (χ1) is 17.5. The molecule has 184 valence electrons. The molecule has 0 aliphatic rings. The quantitative estimate of drug-likeness (QED) is 0.354. The number of carbonyl (C=O) groups excluding carboxylic acids is 2. The lowest BCUT2D eigenvalue weighted by molar-refractivity contribution is -0.141. The number of rotatable bonds is 9. The number of aromatic nitrogens is 3. The van der Waals surface area contributed by atoms with Gasteiger partial charge in [-0.15, -0.1) is 0 Å². The number of ether oxygens (including phenoxy) is 2. The van der Waals surface area contributed by atoms with Crippen LogP contribution < -0.4 is 10.1 Å². The molecular weight excluding hydrogens is 463 g/mol. The Morgan fingerprint density at radius 3 is 2.53 bits per heavy atom. The van der Waals surface area contributed by atoms with Gasteiger partial charge in [0.1, 0.15) is 19.0 Å². The number of benzene rings is 2. The van der Waals surface area contributed by atoms with Crippen LogP contribution in [0.15, 0.2) is 73.2 Å². The third-order valence-corrected chi connectivity index (χ3v) is 5.41. The minimum Gasteiger partial charge on any atom is -0.486 e. The monoisotopic (exact) mass is 488 g/mol. The predicted octanol–water partition coefficient (Wildman–Crippen LogP) is 4.25. The number of hydrogen-bond donors (Lipinski definition) is 1. The standard InChI is InChI=1S/C27H25FN4O4/c1-3-35-24(33)15-30-27(34)25-26(36-17-19-7-5-4-6-8-19)18(2)23(14-29-25)20-13-31-32(16-20)22-11-9-21(28)10-12-22/h4-14,16H,3,15,17H2,1-2H3,(H,30,34). The Bertz CT molecular complexity index is 1350. The molecule has 0 unspecified atom stereocenters. The summed E-state index contributed by atoms with van der Waals surface area (Å²) in [6.07, 6.45) is 5.02. The van der Waals surface area contributed by atoms with E-state index in [-0.39, 0.29) is 31.3 Å². The van der Waals surface area contributed by atoms with Crippen molar-refractivity contribution in [1.82, 2.24) is 20.1 Å². The molecule has 2 aromatic heterocycles. The van der Waals surface area contributed by atoms with Gasteiger partial charge < -0.3 is 14.8 Å². The third-order valence-electron chi connectivity index (χ3n) is 5.41. The fourth-order valence-corrected chi connectivity index (χ4v) is 3.59. The highest BCUT2D eigenvalue weighted by molar-refractivity contribution is 5.97. The molecule has 0 radical (unpaired) electrons. The molecule has 0 saturated carbocycles. The zero-order valence-corrected chi connectivity index (χ0v) is 19.9. The SMILES string of the molecule is CCOC(=O)CNC(=O)c1ncc(-c2cnn(-c3ccc(F)cc3)c2)c(C)c1OCc1ccccc1. The molecule has 0 aliphatic carbocycles. The molecule has 4 aromatic rings. The van der Waals surface area contributed by atoms with Gasteiger partial charge in [0.25, 0.3) is 5.91 Å². The maximum absolute atomic E-state index is 13.3. The van der Waals surface area contributed by atoms with Crippen LogP contribution in [0.3, 0.4) is 0 Å². The van der Waals surface area contributed by atoms with Crippen molar-refractivity contribution in [2.75, 3.05) is 13.2 Å². The van der Waals surface area contributed by atoms with Crippen LogP contribution in [0.5, 0.6) is 5.75 Å². The van der Waals surface area contributed by atoms with Crippen LogP contribution >= 0.6 is 0 Å². The predicted molar refractivity (Wildman–Crippen MR) is 131 cm³/mol. The molecule has 0 bridgehead atoms. The van der Waals surface area contributed by atoms with Crippen molar-refractivity contribution in [2.45, 2.75) is 20.5 Å². The summed E-state index contributed by atoms with van der Waals surface area (Å²) in [7, 11) is 0. The molecule has 0 spiro atoms. The van der Waals surface area contributed by atoms with Crippen LogP contribution in [0, 0.1) is 12.7 Å². The average Bonchev–Trinajstić information content (AvgIpc) is 3.37. The maximum Gasteiger partial charge on any atom is 0.325 e. The molecule has 9 heteroatoms. The minimum atomic E-state index is -0.553. The van der Waals surface area contributed by atoms with E-state index in [0.717, 1.165) is 11.1 Å². The van der Waals surface area contributed by atoms with Crippen LogP contribution in [-0.2, 0) is 16.1 Å². The summed E-state index contributed by atoms with van der Waals surface area (Å²) in [5.74, 6) is -1.13. The Labute approximate surface area is 207 Å². The molecule has 0 fully saturated rings. The van der Waals surface area contributed by atoms with E-state index in [1.54, 1.807) is 42.3 Å². The van der Waals surface area contributed by atoms with Gasteiger partial charge in [-0.05, 0) is 43.7 Å². The van der Waals surface area contributed by atoms with Crippen LogP contribution in [0.1, 0.15) is 28.5 Å². The summed E-state index contributed by atoms with van der Waals surface area (Å²) in [5.41, 5.74) is 3.82. The second-order valence-electron chi connectivity index (χ2n) is 7.89. The largest absolute Gasteiger partial charge is 0.486 e. The molecule has 8 nitrogen and oxygen atoms in total. The van der Waals surface area contributed by atoms with Gasteiger partial charge in [0, 0.05) is 29.1 Å². The summed E-state index contributed by atoms with van der Waals surface area (Å²) in [6.45, 7) is 3.68. The Kier molecular flexibility index (Phi) is 7.69. The van der Waals surface area contributed by atoms with Gasteiger partial charge in [-0.2, -0.15) is 5.10 Å². The number of hydrogen-bond acceptors (Lipinski definition) is 6. The zero-order chi connectivity index (χ0) is 25.5. The molecule has 0 atom stereocenters. The van der Waals surface area contributed by atoms with Crippen molar-refractivity contribution < 1.29 is 23.5 Å². The fraction of sp³-hybridized carbons (Fsp3) is 0.185. The highest BCUT2D eigenvalue weighted by atomic mass is 19.1. The molecule has 2 heterocycles. The Balaban J connectivity index is 1.65. The van der Waals surface area contributed by atoms with E-state index in [4.69, 9.17) is 9.47 Å². The Morgan fingerprint density at radius 1 is 1.06 bits per heavy atom. The Morgan fingerprint density at radius 2 is 1.81 bits per heavy atom. The summed E-state index contributed by atoms with van der Waals surface area (Å²) < 4.78 is 25.9. The van der Waals surface area contributed by atoms with Crippen LogP contribution in [0.4, 0.5) is 4.39 Å². The topological polar surface area (TPSA) is 95.3 Å². The summed E-state index contributed by atoms with van der Waals surface area (Å²) in [6, 6.07) is 15.5. The van der Waals surface area contributed by atoms with Gasteiger partial charge in [0.15, 0.2) is 11.4 Å². The first-order valence-electron chi connectivity index (χ1n) is 11.4. The van der Waals surface area contributed by atoms with Gasteiger partial charge in [0.05, 0.1) is 18.5 Å². The molecule has 0 aliphatic heterocycles. The molecule has 2 aromatic carbocycles. The number of pyridine rings is 1. The van der Waals surface area contributed by atoms with Gasteiger partial charge in [0.2, 0.25) is 0 Å². The second-order valence-corrected chi connectivity index (χ2v) is 7.89. The third kappa shape index (κ3) is 5.75. The number of esters is 1.